The van der Waals surface area contributed by atoms with Crippen molar-refractivity contribution in [1.29, 1.82) is 0 Å². The first-order valence-electron chi connectivity index (χ1n) is 5.88. The predicted octanol–water partition coefficient (Wildman–Crippen LogP) is 2.35. The van der Waals surface area contributed by atoms with Gasteiger partial charge in [-0.25, -0.2) is 0 Å². The Morgan fingerprint density at radius 1 is 1.53 bits per heavy atom. The summed E-state index contributed by atoms with van der Waals surface area (Å²) in [5.74, 6) is -0.222. The molecule has 0 saturated carbocycles. The molecule has 1 amide bonds. The van der Waals surface area contributed by atoms with Crippen molar-refractivity contribution in [3.05, 3.63) is 28.8 Å². The first kappa shape index (κ1) is 12.2. The number of hydrogen-bond donors (Lipinski definition) is 1. The Balaban J connectivity index is 2.19. The van der Waals surface area contributed by atoms with Gasteiger partial charge in [-0.15, -0.1) is 0 Å². The Hall–Kier alpha value is -1.22. The number of piperidine rings is 1. The highest BCUT2D eigenvalue weighted by molar-refractivity contribution is 6.30. The van der Waals surface area contributed by atoms with E-state index in [-0.39, 0.29) is 11.8 Å². The Labute approximate surface area is 107 Å². The Bertz CT molecular complexity index is 433. The van der Waals surface area contributed by atoms with Crippen LogP contribution < -0.4 is 10.6 Å². The number of halogens is 1. The zero-order valence-corrected chi connectivity index (χ0v) is 10.7. The molecule has 0 spiro atoms. The van der Waals surface area contributed by atoms with Crippen LogP contribution in [0.25, 0.3) is 0 Å². The molecule has 2 rings (SSSR count). The van der Waals surface area contributed by atoms with Gasteiger partial charge in [0.1, 0.15) is 0 Å². The van der Waals surface area contributed by atoms with Crippen molar-refractivity contribution in [3.63, 3.8) is 0 Å². The number of amides is 1. The second-order valence-electron chi connectivity index (χ2n) is 4.62. The zero-order valence-electron chi connectivity index (χ0n) is 9.95. The molecule has 4 heteroatoms. The summed E-state index contributed by atoms with van der Waals surface area (Å²) in [6, 6.07) is 5.85. The quantitative estimate of drug-likeness (QED) is 0.878. The molecule has 1 saturated heterocycles. The molecule has 2 N–H and O–H groups in total. The van der Waals surface area contributed by atoms with E-state index in [0.717, 1.165) is 42.2 Å². The maximum absolute atomic E-state index is 11.2. The molecule has 3 nitrogen and oxygen atoms in total. The van der Waals surface area contributed by atoms with Crippen LogP contribution in [0.1, 0.15) is 18.4 Å². The Morgan fingerprint density at radius 3 is 2.94 bits per heavy atom. The smallest absolute Gasteiger partial charge is 0.222 e. The van der Waals surface area contributed by atoms with E-state index in [1.54, 1.807) is 0 Å². The maximum atomic E-state index is 11.2. The number of carbonyl (C=O) groups is 1. The third-order valence-electron chi connectivity index (χ3n) is 3.32. The molecule has 92 valence electrons. The van der Waals surface area contributed by atoms with Crippen molar-refractivity contribution in [2.24, 2.45) is 11.7 Å². The van der Waals surface area contributed by atoms with Gasteiger partial charge in [-0.05, 0) is 43.5 Å². The zero-order chi connectivity index (χ0) is 12.4. The minimum atomic E-state index is -0.193. The molecule has 1 atom stereocenters. The summed E-state index contributed by atoms with van der Waals surface area (Å²) in [6.45, 7) is 3.74. The lowest BCUT2D eigenvalue weighted by molar-refractivity contribution is -0.122. The van der Waals surface area contributed by atoms with Gasteiger partial charge in [0.05, 0.1) is 5.92 Å². The van der Waals surface area contributed by atoms with E-state index < -0.39 is 0 Å². The van der Waals surface area contributed by atoms with Gasteiger partial charge in [0.15, 0.2) is 0 Å². The number of nitrogens with two attached hydrogens (primary N) is 1. The minimum absolute atomic E-state index is 0.0289. The summed E-state index contributed by atoms with van der Waals surface area (Å²) in [5, 5.41) is 0.745. The summed E-state index contributed by atoms with van der Waals surface area (Å²) in [4.78, 5) is 13.5. The second-order valence-corrected chi connectivity index (χ2v) is 5.05. The molecule has 17 heavy (non-hydrogen) atoms. The van der Waals surface area contributed by atoms with Crippen molar-refractivity contribution >= 4 is 23.2 Å². The molecular formula is C13H17ClN2O. The normalized spacial score (nSPS) is 20.4. The van der Waals surface area contributed by atoms with Crippen LogP contribution >= 0.6 is 11.6 Å². The highest BCUT2D eigenvalue weighted by Crippen LogP contribution is 2.27. The van der Waals surface area contributed by atoms with E-state index in [0.29, 0.717) is 0 Å². The largest absolute Gasteiger partial charge is 0.371 e. The van der Waals surface area contributed by atoms with Gasteiger partial charge in [0.2, 0.25) is 5.91 Å². The molecule has 1 unspecified atom stereocenters. The molecule has 1 fully saturated rings. The van der Waals surface area contributed by atoms with Crippen LogP contribution in [0.15, 0.2) is 18.2 Å². The number of anilines is 1. The average Bonchev–Trinajstić information content (AvgIpc) is 2.29. The van der Waals surface area contributed by atoms with E-state index in [1.165, 1.54) is 0 Å². The molecule has 1 aromatic carbocycles. The molecule has 0 aromatic heterocycles. The van der Waals surface area contributed by atoms with Crippen LogP contribution in [0.3, 0.4) is 0 Å². The lowest BCUT2D eigenvalue weighted by Gasteiger charge is -2.34. The van der Waals surface area contributed by atoms with Crippen LogP contribution in [0.2, 0.25) is 5.02 Å². The second kappa shape index (κ2) is 4.96. The maximum Gasteiger partial charge on any atom is 0.222 e. The molecule has 0 radical (unpaired) electrons. The Morgan fingerprint density at radius 2 is 2.29 bits per heavy atom. The highest BCUT2D eigenvalue weighted by atomic mass is 35.5. The monoisotopic (exact) mass is 252 g/mol. The summed E-state index contributed by atoms with van der Waals surface area (Å²) in [7, 11) is 0. The van der Waals surface area contributed by atoms with Gasteiger partial charge in [-0.3, -0.25) is 4.79 Å². The first-order valence-corrected chi connectivity index (χ1v) is 6.26. The van der Waals surface area contributed by atoms with E-state index >= 15 is 0 Å². The van der Waals surface area contributed by atoms with Crippen LogP contribution in [0, 0.1) is 12.8 Å². The third-order valence-corrected chi connectivity index (χ3v) is 3.56. The van der Waals surface area contributed by atoms with E-state index in [2.05, 4.69) is 4.90 Å². The van der Waals surface area contributed by atoms with Crippen molar-refractivity contribution in [2.75, 3.05) is 18.0 Å². The lowest BCUT2D eigenvalue weighted by atomic mass is 9.96. The van der Waals surface area contributed by atoms with Crippen molar-refractivity contribution in [1.82, 2.24) is 0 Å². The number of rotatable bonds is 2. The summed E-state index contributed by atoms with van der Waals surface area (Å²) in [5.41, 5.74) is 7.68. The number of primary amides is 1. The lowest BCUT2D eigenvalue weighted by Crippen LogP contribution is -2.41. The number of benzene rings is 1. The average molecular weight is 253 g/mol. The SMILES string of the molecule is Cc1cc(Cl)ccc1N1CCCC(C(N)=O)C1. The van der Waals surface area contributed by atoms with Crippen molar-refractivity contribution in [2.45, 2.75) is 19.8 Å². The number of nitrogens with zero attached hydrogens (tertiary/aromatic N) is 1. The van der Waals surface area contributed by atoms with Crippen molar-refractivity contribution < 1.29 is 4.79 Å². The van der Waals surface area contributed by atoms with E-state index in [4.69, 9.17) is 17.3 Å². The minimum Gasteiger partial charge on any atom is -0.371 e. The summed E-state index contributed by atoms with van der Waals surface area (Å²) in [6.07, 6.45) is 1.91. The fourth-order valence-electron chi connectivity index (χ4n) is 2.40. The molecule has 1 aromatic rings. The molecule has 1 aliphatic rings. The van der Waals surface area contributed by atoms with Gasteiger partial charge in [-0.1, -0.05) is 11.6 Å². The number of carbonyl (C=O) groups excluding carboxylic acids is 1. The van der Waals surface area contributed by atoms with Crippen LogP contribution in [-0.2, 0) is 4.79 Å². The molecule has 0 bridgehead atoms. The number of hydrogen-bond acceptors (Lipinski definition) is 2. The van der Waals surface area contributed by atoms with Crippen LogP contribution in [0.5, 0.6) is 0 Å². The van der Waals surface area contributed by atoms with Crippen molar-refractivity contribution in [3.8, 4) is 0 Å². The van der Waals surface area contributed by atoms with Gasteiger partial charge in [0.25, 0.3) is 0 Å². The first-order chi connectivity index (χ1) is 8.08. The highest BCUT2D eigenvalue weighted by Gasteiger charge is 2.24. The molecule has 1 heterocycles. The summed E-state index contributed by atoms with van der Waals surface area (Å²) >= 11 is 5.94. The predicted molar refractivity (Wildman–Crippen MR) is 70.3 cm³/mol. The van der Waals surface area contributed by atoms with Gasteiger partial charge in [-0.2, -0.15) is 0 Å². The van der Waals surface area contributed by atoms with Gasteiger partial charge < -0.3 is 10.6 Å². The summed E-state index contributed by atoms with van der Waals surface area (Å²) < 4.78 is 0. The fourth-order valence-corrected chi connectivity index (χ4v) is 2.63. The number of aryl methyl sites for hydroxylation is 1. The van der Waals surface area contributed by atoms with E-state index in [9.17, 15) is 4.79 Å². The molecule has 1 aliphatic heterocycles. The standard InChI is InChI=1S/C13H17ClN2O/c1-9-7-11(14)4-5-12(9)16-6-2-3-10(8-16)13(15)17/h4-5,7,10H,2-3,6,8H2,1H3,(H2,15,17). The topological polar surface area (TPSA) is 46.3 Å². The molecular weight excluding hydrogens is 236 g/mol. The molecule has 0 aliphatic carbocycles. The fraction of sp³-hybridized carbons (Fsp3) is 0.462. The van der Waals surface area contributed by atoms with Gasteiger partial charge >= 0.3 is 0 Å². The van der Waals surface area contributed by atoms with Crippen LogP contribution in [-0.4, -0.2) is 19.0 Å². The third kappa shape index (κ3) is 2.72. The van der Waals surface area contributed by atoms with Gasteiger partial charge in [0, 0.05) is 23.8 Å². The van der Waals surface area contributed by atoms with Crippen LogP contribution in [0.4, 0.5) is 5.69 Å². The van der Waals surface area contributed by atoms with E-state index in [1.807, 2.05) is 25.1 Å². The Kier molecular flexibility index (Phi) is 3.57.